The van der Waals surface area contributed by atoms with Crippen molar-refractivity contribution in [1.82, 2.24) is 4.98 Å². The van der Waals surface area contributed by atoms with Gasteiger partial charge in [-0.05, 0) is 12.1 Å². The summed E-state index contributed by atoms with van der Waals surface area (Å²) in [7, 11) is 0. The molecule has 0 saturated heterocycles. The van der Waals surface area contributed by atoms with Crippen LogP contribution in [0.15, 0.2) is 17.6 Å². The number of anilines is 1. The van der Waals surface area contributed by atoms with Gasteiger partial charge in [-0.25, -0.2) is 13.8 Å². The first-order chi connectivity index (χ1) is 9.40. The molecule has 0 atom stereocenters. The van der Waals surface area contributed by atoms with Crippen molar-refractivity contribution in [3.63, 3.8) is 0 Å². The number of carbonyl (C=O) groups is 2. The fraction of sp³-hybridized carbons (Fsp3) is 0. The molecule has 0 bridgehead atoms. The van der Waals surface area contributed by atoms with Crippen molar-refractivity contribution < 1.29 is 18.4 Å². The lowest BCUT2D eigenvalue weighted by atomic mass is 10.2. The minimum atomic E-state index is -0.987. The van der Waals surface area contributed by atoms with Crippen molar-refractivity contribution in [2.45, 2.75) is 0 Å². The van der Waals surface area contributed by atoms with Crippen LogP contribution in [0, 0.1) is 11.6 Å². The average molecular weight is 318 g/mol. The highest BCUT2D eigenvalue weighted by Crippen LogP contribution is 2.23. The van der Waals surface area contributed by atoms with E-state index in [1.807, 2.05) is 0 Å². The fourth-order valence-electron chi connectivity index (χ4n) is 1.38. The van der Waals surface area contributed by atoms with Gasteiger partial charge in [0.2, 0.25) is 0 Å². The number of hydrogen-bond acceptors (Lipinski definition) is 4. The van der Waals surface area contributed by atoms with Gasteiger partial charge in [0.1, 0.15) is 16.6 Å². The van der Waals surface area contributed by atoms with E-state index in [0.29, 0.717) is 12.1 Å². The number of amides is 2. The second kappa shape index (κ2) is 5.51. The van der Waals surface area contributed by atoms with Crippen LogP contribution in [-0.4, -0.2) is 16.8 Å². The van der Waals surface area contributed by atoms with Crippen molar-refractivity contribution in [1.29, 1.82) is 0 Å². The molecule has 0 spiro atoms. The predicted octanol–water partition coefficient (Wildman–Crippen LogP) is 2.43. The summed E-state index contributed by atoms with van der Waals surface area (Å²) in [4.78, 5) is 26.5. The predicted molar refractivity (Wildman–Crippen MR) is 70.0 cm³/mol. The number of hydrogen-bond donors (Lipinski definition) is 2. The topological polar surface area (TPSA) is 85.1 Å². The summed E-state index contributed by atoms with van der Waals surface area (Å²) in [5.74, 6) is -3.70. The average Bonchev–Trinajstić information content (AvgIpc) is 2.81. The van der Waals surface area contributed by atoms with Crippen LogP contribution in [0.3, 0.4) is 0 Å². The minimum Gasteiger partial charge on any atom is -0.364 e. The lowest BCUT2D eigenvalue weighted by molar-refractivity contribution is 0.0997. The van der Waals surface area contributed by atoms with Gasteiger partial charge in [-0.3, -0.25) is 9.59 Å². The van der Waals surface area contributed by atoms with Gasteiger partial charge in [0, 0.05) is 0 Å². The molecule has 2 amide bonds. The Labute approximate surface area is 120 Å². The van der Waals surface area contributed by atoms with E-state index in [0.717, 1.165) is 11.3 Å². The molecule has 0 saturated carbocycles. The molecular formula is C11H6ClF2N3O2S. The zero-order valence-electron chi connectivity index (χ0n) is 9.62. The molecule has 1 aromatic heterocycles. The first-order valence-corrected chi connectivity index (χ1v) is 6.35. The van der Waals surface area contributed by atoms with E-state index in [1.54, 1.807) is 0 Å². The summed E-state index contributed by atoms with van der Waals surface area (Å²) < 4.78 is 26.8. The van der Waals surface area contributed by atoms with Gasteiger partial charge in [-0.2, -0.15) is 0 Å². The molecule has 9 heteroatoms. The van der Waals surface area contributed by atoms with Crippen LogP contribution in [-0.2, 0) is 0 Å². The number of nitrogens with two attached hydrogens (primary N) is 1. The molecule has 5 nitrogen and oxygen atoms in total. The number of aromatic nitrogens is 1. The van der Waals surface area contributed by atoms with Crippen molar-refractivity contribution >= 4 is 39.8 Å². The highest BCUT2D eigenvalue weighted by Gasteiger charge is 2.19. The largest absolute Gasteiger partial charge is 0.364 e. The minimum absolute atomic E-state index is 0.0530. The lowest BCUT2D eigenvalue weighted by Crippen LogP contribution is -2.18. The lowest BCUT2D eigenvalue weighted by Gasteiger charge is -2.06. The Morgan fingerprint density at radius 3 is 2.65 bits per heavy atom. The number of rotatable bonds is 3. The quantitative estimate of drug-likeness (QED) is 0.853. The molecule has 0 fully saturated rings. The Kier molecular flexibility index (Phi) is 3.96. The Bertz CT molecular complexity index is 705. The summed E-state index contributed by atoms with van der Waals surface area (Å²) in [6.45, 7) is 0. The summed E-state index contributed by atoms with van der Waals surface area (Å²) in [5, 5.41) is 1.86. The van der Waals surface area contributed by atoms with Gasteiger partial charge in [0.05, 0.1) is 16.1 Å². The van der Waals surface area contributed by atoms with E-state index in [9.17, 15) is 18.4 Å². The zero-order chi connectivity index (χ0) is 14.9. The molecule has 1 aromatic carbocycles. The SMILES string of the molecule is NC(=O)c1ncsc1NC(=O)c1cc(F)c(Cl)cc1F. The molecule has 1 heterocycles. The standard InChI is InChI=1S/C11H6ClF2N3O2S/c12-5-2-6(13)4(1-7(5)14)10(19)17-11-8(9(15)18)16-3-20-11/h1-3H,(H2,15,18)(H,17,19). The first kappa shape index (κ1) is 14.4. The third kappa shape index (κ3) is 2.75. The zero-order valence-corrected chi connectivity index (χ0v) is 11.2. The first-order valence-electron chi connectivity index (χ1n) is 5.09. The van der Waals surface area contributed by atoms with E-state index in [2.05, 4.69) is 10.3 Å². The van der Waals surface area contributed by atoms with Crippen LogP contribution >= 0.6 is 22.9 Å². The summed E-state index contributed by atoms with van der Waals surface area (Å²) >= 11 is 6.31. The second-order valence-electron chi connectivity index (χ2n) is 3.59. The normalized spacial score (nSPS) is 10.3. The highest BCUT2D eigenvalue weighted by atomic mass is 35.5. The molecule has 20 heavy (non-hydrogen) atoms. The smallest absolute Gasteiger partial charge is 0.270 e. The fourth-order valence-corrected chi connectivity index (χ4v) is 2.21. The van der Waals surface area contributed by atoms with E-state index < -0.39 is 34.0 Å². The van der Waals surface area contributed by atoms with Crippen molar-refractivity contribution in [2.75, 3.05) is 5.32 Å². The van der Waals surface area contributed by atoms with Gasteiger partial charge < -0.3 is 11.1 Å². The van der Waals surface area contributed by atoms with Crippen LogP contribution < -0.4 is 11.1 Å². The van der Waals surface area contributed by atoms with Crippen molar-refractivity contribution in [3.05, 3.63) is 45.6 Å². The van der Waals surface area contributed by atoms with Crippen LogP contribution in [0.25, 0.3) is 0 Å². The molecule has 2 rings (SSSR count). The van der Waals surface area contributed by atoms with E-state index >= 15 is 0 Å². The molecule has 0 aliphatic carbocycles. The van der Waals surface area contributed by atoms with Crippen molar-refractivity contribution in [3.8, 4) is 0 Å². The van der Waals surface area contributed by atoms with Gasteiger partial charge in [0.15, 0.2) is 5.69 Å². The molecule has 0 aliphatic rings. The molecular weight excluding hydrogens is 312 g/mol. The maximum atomic E-state index is 13.6. The van der Waals surface area contributed by atoms with Crippen LogP contribution in [0.2, 0.25) is 5.02 Å². The van der Waals surface area contributed by atoms with Gasteiger partial charge in [-0.1, -0.05) is 11.6 Å². The number of nitrogens with zero attached hydrogens (tertiary/aromatic N) is 1. The molecule has 3 N–H and O–H groups in total. The second-order valence-corrected chi connectivity index (χ2v) is 4.86. The Balaban J connectivity index is 2.31. The third-order valence-electron chi connectivity index (χ3n) is 2.28. The van der Waals surface area contributed by atoms with Crippen molar-refractivity contribution in [2.24, 2.45) is 5.73 Å². The van der Waals surface area contributed by atoms with E-state index in [1.165, 1.54) is 5.51 Å². The van der Waals surface area contributed by atoms with E-state index in [4.69, 9.17) is 17.3 Å². The summed E-state index contributed by atoms with van der Waals surface area (Å²) in [6, 6.07) is 1.35. The van der Waals surface area contributed by atoms with Gasteiger partial charge in [0.25, 0.3) is 11.8 Å². The molecule has 0 radical (unpaired) electrons. The number of nitrogens with one attached hydrogen (secondary N) is 1. The Morgan fingerprint density at radius 1 is 1.30 bits per heavy atom. The van der Waals surface area contributed by atoms with E-state index in [-0.39, 0.29) is 10.7 Å². The van der Waals surface area contributed by atoms with Gasteiger partial charge >= 0.3 is 0 Å². The summed E-state index contributed by atoms with van der Waals surface area (Å²) in [6.07, 6.45) is 0. The van der Waals surface area contributed by atoms with Crippen LogP contribution in [0.4, 0.5) is 13.8 Å². The maximum absolute atomic E-state index is 13.6. The Hall–Kier alpha value is -2.06. The molecule has 104 valence electrons. The van der Waals surface area contributed by atoms with Crippen LogP contribution in [0.1, 0.15) is 20.8 Å². The monoisotopic (exact) mass is 317 g/mol. The van der Waals surface area contributed by atoms with Crippen LogP contribution in [0.5, 0.6) is 0 Å². The summed E-state index contributed by atoms with van der Waals surface area (Å²) in [5.41, 5.74) is 5.64. The number of benzene rings is 1. The molecule has 2 aromatic rings. The maximum Gasteiger partial charge on any atom is 0.270 e. The molecule has 0 unspecified atom stereocenters. The Morgan fingerprint density at radius 2 is 2.00 bits per heavy atom. The van der Waals surface area contributed by atoms with Gasteiger partial charge in [-0.15, -0.1) is 11.3 Å². The number of carbonyl (C=O) groups excluding carboxylic acids is 2. The number of thiazole rings is 1. The molecule has 0 aliphatic heterocycles. The highest BCUT2D eigenvalue weighted by molar-refractivity contribution is 7.14. The number of primary amides is 1. The third-order valence-corrected chi connectivity index (χ3v) is 3.31. The number of halogens is 3.